The van der Waals surface area contributed by atoms with Gasteiger partial charge in [-0.3, -0.25) is 4.79 Å². The van der Waals surface area contributed by atoms with Crippen LogP contribution in [0.1, 0.15) is 6.42 Å². The van der Waals surface area contributed by atoms with Gasteiger partial charge in [0.2, 0.25) is 0 Å². The molecule has 0 amide bonds. The summed E-state index contributed by atoms with van der Waals surface area (Å²) < 4.78 is 69.7. The van der Waals surface area contributed by atoms with Crippen molar-refractivity contribution in [1.29, 1.82) is 0 Å². The number of carbonyl (C=O) groups excluding carboxylic acids is 1. The van der Waals surface area contributed by atoms with E-state index in [9.17, 15) is 4.79 Å². The zero-order valence-electron chi connectivity index (χ0n) is 28.0. The van der Waals surface area contributed by atoms with Crippen LogP contribution in [0.5, 0.6) is 0 Å². The highest BCUT2D eigenvalue weighted by atomic mass is 16.6. The lowest BCUT2D eigenvalue weighted by atomic mass is 10.5. The average molecular weight is 660 g/mol. The third kappa shape index (κ3) is 40.9. The molecule has 0 aliphatic heterocycles. The van der Waals surface area contributed by atoms with Crippen LogP contribution in [-0.4, -0.2) is 197 Å². The van der Waals surface area contributed by atoms with Crippen LogP contribution < -0.4 is 0 Å². The summed E-state index contributed by atoms with van der Waals surface area (Å²) in [7, 11) is 5.39. The van der Waals surface area contributed by atoms with Crippen molar-refractivity contribution < 1.29 is 66.4 Å². The van der Waals surface area contributed by atoms with Gasteiger partial charge in [0.25, 0.3) is 0 Å². The van der Waals surface area contributed by atoms with Gasteiger partial charge >= 0.3 is 5.97 Å². The van der Waals surface area contributed by atoms with Crippen molar-refractivity contribution in [2.24, 2.45) is 0 Å². The Kier molecular flexibility index (Phi) is 38.2. The minimum atomic E-state index is -0.286. The van der Waals surface area contributed by atoms with Crippen LogP contribution in [0.15, 0.2) is 0 Å². The van der Waals surface area contributed by atoms with E-state index in [0.29, 0.717) is 159 Å². The molecule has 0 aliphatic carbocycles. The molecule has 0 spiro atoms. The second-order valence-electron chi connectivity index (χ2n) is 9.48. The van der Waals surface area contributed by atoms with E-state index in [1.54, 1.807) is 0 Å². The lowest BCUT2D eigenvalue weighted by molar-refractivity contribution is -0.141. The summed E-state index contributed by atoms with van der Waals surface area (Å²) in [6.45, 7) is 13.1. The van der Waals surface area contributed by atoms with Crippen LogP contribution >= 0.6 is 0 Å². The Balaban J connectivity index is 3.05. The highest BCUT2D eigenvalue weighted by Crippen LogP contribution is 1.89. The van der Waals surface area contributed by atoms with Crippen molar-refractivity contribution in [3.05, 3.63) is 0 Å². The number of likely N-dealkylation sites (N-methyl/N-ethyl adjacent to an activating group) is 1. The van der Waals surface area contributed by atoms with Crippen molar-refractivity contribution in [1.82, 2.24) is 4.90 Å². The number of hydrogen-bond donors (Lipinski definition) is 0. The molecule has 0 bridgehead atoms. The van der Waals surface area contributed by atoms with E-state index in [1.807, 2.05) is 14.1 Å². The van der Waals surface area contributed by atoms with Crippen molar-refractivity contribution >= 4 is 5.97 Å². The number of rotatable bonds is 39. The number of esters is 1. The van der Waals surface area contributed by atoms with Crippen molar-refractivity contribution in [3.63, 3.8) is 0 Å². The zero-order valence-corrected chi connectivity index (χ0v) is 28.0. The summed E-state index contributed by atoms with van der Waals surface area (Å²) in [4.78, 5) is 13.0. The van der Waals surface area contributed by atoms with Crippen LogP contribution in [0.3, 0.4) is 0 Å². The van der Waals surface area contributed by atoms with Gasteiger partial charge in [0.15, 0.2) is 0 Å². The minimum Gasteiger partial charge on any atom is -0.469 e. The lowest BCUT2D eigenvalue weighted by Crippen LogP contribution is -2.19. The van der Waals surface area contributed by atoms with Gasteiger partial charge in [-0.2, -0.15) is 0 Å². The maximum Gasteiger partial charge on any atom is 0.307 e. The highest BCUT2D eigenvalue weighted by Gasteiger charge is 2.00. The molecule has 0 rings (SSSR count). The highest BCUT2D eigenvalue weighted by molar-refractivity contribution is 5.69. The first-order chi connectivity index (χ1) is 22.2. The first-order valence-corrected chi connectivity index (χ1v) is 15.8. The van der Waals surface area contributed by atoms with E-state index in [0.717, 1.165) is 6.54 Å². The van der Waals surface area contributed by atoms with Crippen molar-refractivity contribution in [3.8, 4) is 0 Å². The SMILES string of the molecule is COC(=O)CCOCCOCCOCCOCCOCCOCCOCCOCCOCCOCCOCCOCCN(C)C. The van der Waals surface area contributed by atoms with E-state index < -0.39 is 0 Å². The van der Waals surface area contributed by atoms with Gasteiger partial charge in [0.1, 0.15) is 0 Å². The van der Waals surface area contributed by atoms with Gasteiger partial charge in [-0.15, -0.1) is 0 Å². The lowest BCUT2D eigenvalue weighted by Gasteiger charge is -2.10. The van der Waals surface area contributed by atoms with Crippen molar-refractivity contribution in [2.75, 3.05) is 186 Å². The van der Waals surface area contributed by atoms with Crippen LogP contribution in [0.2, 0.25) is 0 Å². The van der Waals surface area contributed by atoms with Crippen LogP contribution in [-0.2, 0) is 66.4 Å². The maximum atomic E-state index is 10.9. The van der Waals surface area contributed by atoms with Crippen LogP contribution in [0.25, 0.3) is 0 Å². The maximum absolute atomic E-state index is 10.9. The normalized spacial score (nSPS) is 11.6. The van der Waals surface area contributed by atoms with E-state index in [1.165, 1.54) is 7.11 Å². The zero-order chi connectivity index (χ0) is 32.7. The third-order valence-electron chi connectivity index (χ3n) is 5.45. The quantitative estimate of drug-likeness (QED) is 0.0660. The van der Waals surface area contributed by atoms with E-state index in [4.69, 9.17) is 56.8 Å². The molecule has 0 saturated carbocycles. The fourth-order valence-corrected chi connectivity index (χ4v) is 3.03. The van der Waals surface area contributed by atoms with Crippen LogP contribution in [0.4, 0.5) is 0 Å². The van der Waals surface area contributed by atoms with Gasteiger partial charge in [0, 0.05) is 6.54 Å². The number of hydrogen-bond acceptors (Lipinski definition) is 15. The monoisotopic (exact) mass is 659 g/mol. The molecule has 0 radical (unpaired) electrons. The summed E-state index contributed by atoms with van der Waals surface area (Å²) in [6.07, 6.45) is 0.245. The number of carbonyl (C=O) groups is 1. The van der Waals surface area contributed by atoms with Gasteiger partial charge < -0.3 is 66.5 Å². The number of nitrogens with zero attached hydrogens (tertiary/aromatic N) is 1. The molecular formula is C30H61NO14. The molecule has 0 aromatic carbocycles. The predicted molar refractivity (Wildman–Crippen MR) is 165 cm³/mol. The molecule has 0 saturated heterocycles. The number of methoxy groups -OCH3 is 1. The Morgan fingerprint density at radius 1 is 0.356 bits per heavy atom. The average Bonchev–Trinajstić information content (AvgIpc) is 3.03. The second kappa shape index (κ2) is 39.1. The molecule has 0 aromatic heterocycles. The van der Waals surface area contributed by atoms with Gasteiger partial charge in [0.05, 0.1) is 172 Å². The molecule has 0 unspecified atom stereocenters. The Hall–Kier alpha value is -1.05. The Bertz CT molecular complexity index is 577. The largest absolute Gasteiger partial charge is 0.469 e. The fraction of sp³-hybridized carbons (Fsp3) is 0.967. The molecule has 270 valence electrons. The third-order valence-corrected chi connectivity index (χ3v) is 5.45. The second-order valence-corrected chi connectivity index (χ2v) is 9.48. The Labute approximate surface area is 270 Å². The summed E-state index contributed by atoms with van der Waals surface area (Å²) in [5.74, 6) is -0.286. The molecule has 0 fully saturated rings. The molecule has 0 aromatic rings. The molecule has 15 heteroatoms. The summed E-state index contributed by atoms with van der Waals surface area (Å²) in [6, 6.07) is 0. The first-order valence-electron chi connectivity index (χ1n) is 15.8. The molecule has 0 N–H and O–H groups in total. The Morgan fingerprint density at radius 2 is 0.556 bits per heavy atom. The van der Waals surface area contributed by atoms with Gasteiger partial charge in [-0.1, -0.05) is 0 Å². The van der Waals surface area contributed by atoms with Gasteiger partial charge in [-0.05, 0) is 14.1 Å². The Morgan fingerprint density at radius 3 is 0.756 bits per heavy atom. The smallest absolute Gasteiger partial charge is 0.307 e. The summed E-state index contributed by atoms with van der Waals surface area (Å²) in [5.41, 5.74) is 0. The summed E-state index contributed by atoms with van der Waals surface area (Å²) in [5, 5.41) is 0. The van der Waals surface area contributed by atoms with E-state index >= 15 is 0 Å². The summed E-state index contributed by atoms with van der Waals surface area (Å²) >= 11 is 0. The first kappa shape index (κ1) is 43.9. The standard InChI is InChI=1S/C30H61NO14/c1-31(2)5-7-35-9-11-37-13-15-39-17-19-41-21-23-43-25-27-45-29-28-44-26-24-42-22-20-40-18-16-38-14-12-36-10-8-34-6-4-30(32)33-3/h4-29H2,1-3H3. The molecule has 0 atom stereocenters. The fourth-order valence-electron chi connectivity index (χ4n) is 3.03. The van der Waals surface area contributed by atoms with Crippen molar-refractivity contribution in [2.45, 2.75) is 6.42 Å². The molecule has 0 heterocycles. The topological polar surface area (TPSA) is 140 Å². The molecule has 45 heavy (non-hydrogen) atoms. The van der Waals surface area contributed by atoms with Gasteiger partial charge in [-0.25, -0.2) is 0 Å². The van der Waals surface area contributed by atoms with E-state index in [2.05, 4.69) is 9.64 Å². The molecule has 0 aliphatic rings. The van der Waals surface area contributed by atoms with Crippen LogP contribution in [0, 0.1) is 0 Å². The molecule has 15 nitrogen and oxygen atoms in total. The number of ether oxygens (including phenoxy) is 13. The minimum absolute atomic E-state index is 0.245. The molecular weight excluding hydrogens is 598 g/mol. The predicted octanol–water partition coefficient (Wildman–Crippen LogP) is 0.310. The van der Waals surface area contributed by atoms with E-state index in [-0.39, 0.29) is 12.4 Å².